The number of anilines is 1. The Kier molecular flexibility index (Phi) is 5.55. The molecule has 2 N–H and O–H groups in total. The van der Waals surface area contributed by atoms with Gasteiger partial charge in [-0.2, -0.15) is 0 Å². The van der Waals surface area contributed by atoms with Crippen molar-refractivity contribution in [3.05, 3.63) is 76.9 Å². The van der Waals surface area contributed by atoms with Gasteiger partial charge >= 0.3 is 0 Å². The fourth-order valence-electron chi connectivity index (χ4n) is 3.92. The maximum Gasteiger partial charge on any atom is 0.267 e. The van der Waals surface area contributed by atoms with E-state index >= 15 is 0 Å². The molecule has 0 radical (unpaired) electrons. The molecule has 1 amide bonds. The standard InChI is InChI=1S/C23H25N3O2/c27-23(24-28)11-10-20-4-1-2-7-22(20)26-14-12-25(13-15-26)17-18-8-9-19-5-3-6-21(19)16-18/h1-4,6-11,16,28H,5,12-15,17H2,(H,24,27)/b11-10+. The first-order valence-electron chi connectivity index (χ1n) is 9.70. The fourth-order valence-corrected chi connectivity index (χ4v) is 3.92. The lowest BCUT2D eigenvalue weighted by molar-refractivity contribution is -0.124. The first-order chi connectivity index (χ1) is 13.7. The summed E-state index contributed by atoms with van der Waals surface area (Å²) in [6, 6.07) is 14.9. The molecule has 2 aliphatic rings. The van der Waals surface area contributed by atoms with Gasteiger partial charge in [0.15, 0.2) is 0 Å². The molecule has 1 saturated heterocycles. The third kappa shape index (κ3) is 4.16. The lowest BCUT2D eigenvalue weighted by atomic mass is 10.1. The number of carbonyl (C=O) groups is 1. The molecule has 2 aromatic rings. The van der Waals surface area contributed by atoms with Crippen molar-refractivity contribution in [2.75, 3.05) is 31.1 Å². The maximum atomic E-state index is 11.3. The van der Waals surface area contributed by atoms with Crippen molar-refractivity contribution in [1.29, 1.82) is 0 Å². The molecular weight excluding hydrogens is 350 g/mol. The number of hydrogen-bond donors (Lipinski definition) is 2. The van der Waals surface area contributed by atoms with E-state index in [0.29, 0.717) is 0 Å². The van der Waals surface area contributed by atoms with Crippen LogP contribution < -0.4 is 10.4 Å². The van der Waals surface area contributed by atoms with Crippen molar-refractivity contribution in [3.63, 3.8) is 0 Å². The minimum Gasteiger partial charge on any atom is -0.368 e. The summed E-state index contributed by atoms with van der Waals surface area (Å²) >= 11 is 0. The average molecular weight is 375 g/mol. The topological polar surface area (TPSA) is 55.8 Å². The van der Waals surface area contributed by atoms with E-state index in [1.54, 1.807) is 11.6 Å². The molecule has 28 heavy (non-hydrogen) atoms. The second kappa shape index (κ2) is 8.42. The molecule has 2 aromatic carbocycles. The number of allylic oxidation sites excluding steroid dienone is 1. The van der Waals surface area contributed by atoms with Gasteiger partial charge in [0.05, 0.1) is 0 Å². The molecule has 144 valence electrons. The van der Waals surface area contributed by atoms with Crippen LogP contribution in [0, 0.1) is 0 Å². The van der Waals surface area contributed by atoms with Crippen LogP contribution in [0.5, 0.6) is 0 Å². The summed E-state index contributed by atoms with van der Waals surface area (Å²) in [5.74, 6) is -0.524. The van der Waals surface area contributed by atoms with E-state index in [-0.39, 0.29) is 0 Å². The summed E-state index contributed by atoms with van der Waals surface area (Å²) in [5.41, 5.74) is 7.88. The van der Waals surface area contributed by atoms with E-state index in [1.165, 1.54) is 22.8 Å². The summed E-state index contributed by atoms with van der Waals surface area (Å²) in [6.45, 7) is 4.88. The lowest BCUT2D eigenvalue weighted by Crippen LogP contribution is -2.46. The number of amides is 1. The van der Waals surface area contributed by atoms with Crippen LogP contribution >= 0.6 is 0 Å². The smallest absolute Gasteiger partial charge is 0.267 e. The van der Waals surface area contributed by atoms with Crippen molar-refractivity contribution in [1.82, 2.24) is 10.4 Å². The number of hydrogen-bond acceptors (Lipinski definition) is 4. The number of para-hydroxylation sites is 1. The number of hydroxylamine groups is 1. The van der Waals surface area contributed by atoms with E-state index in [2.05, 4.69) is 46.2 Å². The summed E-state index contributed by atoms with van der Waals surface area (Å²) in [6.07, 6.45) is 8.59. The highest BCUT2D eigenvalue weighted by molar-refractivity contribution is 5.91. The van der Waals surface area contributed by atoms with Gasteiger partial charge in [-0.15, -0.1) is 0 Å². The van der Waals surface area contributed by atoms with Crippen molar-refractivity contribution >= 4 is 23.7 Å². The van der Waals surface area contributed by atoms with Crippen LogP contribution in [-0.2, 0) is 17.8 Å². The van der Waals surface area contributed by atoms with Crippen LogP contribution in [0.15, 0.2) is 54.6 Å². The summed E-state index contributed by atoms with van der Waals surface area (Å²) in [5, 5.41) is 8.66. The molecule has 5 nitrogen and oxygen atoms in total. The quantitative estimate of drug-likeness (QED) is 0.479. The minimum absolute atomic E-state index is 0.524. The second-order valence-corrected chi connectivity index (χ2v) is 7.27. The van der Waals surface area contributed by atoms with Gasteiger partial charge < -0.3 is 4.90 Å². The number of nitrogens with zero attached hydrogens (tertiary/aromatic N) is 2. The fraction of sp³-hybridized carbons (Fsp3) is 0.261. The molecule has 0 spiro atoms. The Morgan fingerprint density at radius 2 is 1.93 bits per heavy atom. The summed E-state index contributed by atoms with van der Waals surface area (Å²) in [4.78, 5) is 16.1. The molecule has 1 aliphatic carbocycles. The highest BCUT2D eigenvalue weighted by atomic mass is 16.5. The van der Waals surface area contributed by atoms with Gasteiger partial charge in [-0.3, -0.25) is 14.9 Å². The first-order valence-corrected chi connectivity index (χ1v) is 9.70. The number of piperazine rings is 1. The SMILES string of the molecule is O=C(/C=C/c1ccccc1N1CCN(Cc2ccc3c(c2)C=CC3)CC1)NO. The van der Waals surface area contributed by atoms with Gasteiger partial charge in [-0.05, 0) is 40.8 Å². The minimum atomic E-state index is -0.524. The Bertz CT molecular complexity index is 912. The number of benzene rings is 2. The van der Waals surface area contributed by atoms with Crippen LogP contribution in [0.3, 0.4) is 0 Å². The third-order valence-electron chi connectivity index (χ3n) is 5.43. The largest absolute Gasteiger partial charge is 0.368 e. The van der Waals surface area contributed by atoms with Gasteiger partial charge in [-0.25, -0.2) is 5.48 Å². The van der Waals surface area contributed by atoms with Crippen LogP contribution in [0.2, 0.25) is 0 Å². The molecule has 0 atom stereocenters. The Morgan fingerprint density at radius 1 is 1.11 bits per heavy atom. The number of rotatable bonds is 5. The predicted molar refractivity (Wildman–Crippen MR) is 112 cm³/mol. The molecule has 1 fully saturated rings. The van der Waals surface area contributed by atoms with Crippen LogP contribution in [0.1, 0.15) is 22.3 Å². The zero-order chi connectivity index (χ0) is 19.3. The monoisotopic (exact) mass is 375 g/mol. The van der Waals surface area contributed by atoms with Gasteiger partial charge in [0.25, 0.3) is 5.91 Å². The maximum absolute atomic E-state index is 11.3. The van der Waals surface area contributed by atoms with Gasteiger partial charge in [0, 0.05) is 44.5 Å². The van der Waals surface area contributed by atoms with Crippen molar-refractivity contribution in [3.8, 4) is 0 Å². The van der Waals surface area contributed by atoms with Gasteiger partial charge in [0.1, 0.15) is 0 Å². The number of carbonyl (C=O) groups excluding carboxylic acids is 1. The Balaban J connectivity index is 1.39. The van der Waals surface area contributed by atoms with E-state index < -0.39 is 5.91 Å². The molecule has 0 aromatic heterocycles. The molecule has 4 rings (SSSR count). The molecular formula is C23H25N3O2. The van der Waals surface area contributed by atoms with Crippen molar-refractivity contribution < 1.29 is 10.0 Å². The lowest BCUT2D eigenvalue weighted by Gasteiger charge is -2.37. The number of fused-ring (bicyclic) bond motifs is 1. The molecule has 5 heteroatoms. The highest BCUT2D eigenvalue weighted by Gasteiger charge is 2.19. The van der Waals surface area contributed by atoms with E-state index in [9.17, 15) is 4.79 Å². The molecule has 1 aliphatic heterocycles. The predicted octanol–water partition coefficient (Wildman–Crippen LogP) is 3.10. The third-order valence-corrected chi connectivity index (χ3v) is 5.43. The molecule has 0 bridgehead atoms. The first kappa shape index (κ1) is 18.5. The zero-order valence-corrected chi connectivity index (χ0v) is 15.8. The van der Waals surface area contributed by atoms with Crippen molar-refractivity contribution in [2.24, 2.45) is 0 Å². The number of nitrogens with one attached hydrogen (secondary N) is 1. The highest BCUT2D eigenvalue weighted by Crippen LogP contribution is 2.25. The Labute approximate surface area is 165 Å². The van der Waals surface area contributed by atoms with Crippen LogP contribution in [0.4, 0.5) is 5.69 Å². The van der Waals surface area contributed by atoms with E-state index in [0.717, 1.165) is 50.4 Å². The summed E-state index contributed by atoms with van der Waals surface area (Å²) in [7, 11) is 0. The Morgan fingerprint density at radius 3 is 2.75 bits per heavy atom. The van der Waals surface area contributed by atoms with Gasteiger partial charge in [-0.1, -0.05) is 48.6 Å². The van der Waals surface area contributed by atoms with Crippen LogP contribution in [0.25, 0.3) is 12.2 Å². The summed E-state index contributed by atoms with van der Waals surface area (Å²) < 4.78 is 0. The van der Waals surface area contributed by atoms with Crippen LogP contribution in [-0.4, -0.2) is 42.2 Å². The molecule has 0 saturated carbocycles. The van der Waals surface area contributed by atoms with Gasteiger partial charge in [0.2, 0.25) is 0 Å². The molecule has 1 heterocycles. The average Bonchev–Trinajstić information content (AvgIpc) is 3.21. The normalized spacial score (nSPS) is 16.5. The Hall–Kier alpha value is -2.89. The van der Waals surface area contributed by atoms with E-state index in [1.807, 2.05) is 18.2 Å². The second-order valence-electron chi connectivity index (χ2n) is 7.27. The zero-order valence-electron chi connectivity index (χ0n) is 15.8. The van der Waals surface area contributed by atoms with Crippen molar-refractivity contribution in [2.45, 2.75) is 13.0 Å². The molecule has 0 unspecified atom stereocenters. The van der Waals surface area contributed by atoms with E-state index in [4.69, 9.17) is 5.21 Å².